The highest BCUT2D eigenvalue weighted by Crippen LogP contribution is 2.24. The number of hydrogen-bond donors (Lipinski definition) is 2. The van der Waals surface area contributed by atoms with Gasteiger partial charge in [-0.25, -0.2) is 4.79 Å². The third-order valence-electron chi connectivity index (χ3n) is 3.11. The maximum absolute atomic E-state index is 12.2. The van der Waals surface area contributed by atoms with E-state index in [2.05, 4.69) is 5.32 Å². The van der Waals surface area contributed by atoms with Gasteiger partial charge in [0.2, 0.25) is 0 Å². The van der Waals surface area contributed by atoms with Gasteiger partial charge < -0.3 is 10.4 Å². The molecule has 0 atom stereocenters. The number of carbonyl (C=O) groups excluding carboxylic acids is 1. The van der Waals surface area contributed by atoms with Crippen molar-refractivity contribution in [1.29, 1.82) is 0 Å². The molecule has 2 aromatic rings. The summed E-state index contributed by atoms with van der Waals surface area (Å²) in [5.74, 6) is -1.28. The first-order valence-electron chi connectivity index (χ1n) is 6.10. The Morgan fingerprint density at radius 1 is 1.20 bits per heavy atom. The lowest BCUT2D eigenvalue weighted by molar-refractivity contribution is 0.0696. The van der Waals surface area contributed by atoms with Crippen LogP contribution in [0, 0.1) is 20.8 Å². The van der Waals surface area contributed by atoms with Crippen LogP contribution in [-0.2, 0) is 0 Å². The second-order valence-corrected chi connectivity index (χ2v) is 5.56. The van der Waals surface area contributed by atoms with Gasteiger partial charge in [0.15, 0.2) is 0 Å². The van der Waals surface area contributed by atoms with Gasteiger partial charge in [-0.1, -0.05) is 17.7 Å². The van der Waals surface area contributed by atoms with Crippen molar-refractivity contribution in [1.82, 2.24) is 0 Å². The standard InChI is InChI=1S/C15H15NO3S/c1-8-4-5-12(9(2)6-8)16-14(17)13-10(3)11(7-20-13)15(18)19/h4-7H,1-3H3,(H,16,17)(H,18,19). The third kappa shape index (κ3) is 2.72. The van der Waals surface area contributed by atoms with Crippen LogP contribution in [-0.4, -0.2) is 17.0 Å². The average Bonchev–Trinajstić information content (AvgIpc) is 2.74. The van der Waals surface area contributed by atoms with Crippen molar-refractivity contribution in [2.24, 2.45) is 0 Å². The molecular weight excluding hydrogens is 274 g/mol. The maximum Gasteiger partial charge on any atom is 0.336 e. The molecule has 0 aliphatic heterocycles. The summed E-state index contributed by atoms with van der Waals surface area (Å²) >= 11 is 1.15. The zero-order valence-corrected chi connectivity index (χ0v) is 12.3. The fraction of sp³-hybridized carbons (Fsp3) is 0.200. The molecule has 0 unspecified atom stereocenters. The minimum Gasteiger partial charge on any atom is -0.478 e. The molecule has 0 saturated carbocycles. The first-order chi connectivity index (χ1) is 9.40. The maximum atomic E-state index is 12.2. The number of carbonyl (C=O) groups is 2. The minimum absolute atomic E-state index is 0.181. The largest absolute Gasteiger partial charge is 0.478 e. The van der Waals surface area contributed by atoms with Gasteiger partial charge in [0.25, 0.3) is 5.91 Å². The lowest BCUT2D eigenvalue weighted by atomic mass is 10.1. The van der Waals surface area contributed by atoms with E-state index in [0.29, 0.717) is 10.4 Å². The van der Waals surface area contributed by atoms with E-state index < -0.39 is 5.97 Å². The first kappa shape index (κ1) is 14.3. The number of amides is 1. The number of carboxylic acids is 1. The highest BCUT2D eigenvalue weighted by Gasteiger charge is 2.18. The van der Waals surface area contributed by atoms with Gasteiger partial charge in [0.1, 0.15) is 0 Å². The highest BCUT2D eigenvalue weighted by molar-refractivity contribution is 7.12. The number of nitrogens with one attached hydrogen (secondary N) is 1. The average molecular weight is 289 g/mol. The molecule has 0 radical (unpaired) electrons. The van der Waals surface area contributed by atoms with Crippen molar-refractivity contribution < 1.29 is 14.7 Å². The Kier molecular flexibility index (Phi) is 3.90. The molecule has 1 amide bonds. The Labute approximate surface area is 121 Å². The van der Waals surface area contributed by atoms with Gasteiger partial charge in [-0.15, -0.1) is 11.3 Å². The smallest absolute Gasteiger partial charge is 0.336 e. The highest BCUT2D eigenvalue weighted by atomic mass is 32.1. The van der Waals surface area contributed by atoms with Crippen LogP contribution in [0.4, 0.5) is 5.69 Å². The number of aryl methyl sites for hydroxylation is 2. The molecule has 0 aliphatic carbocycles. The quantitative estimate of drug-likeness (QED) is 0.906. The normalized spacial score (nSPS) is 10.3. The van der Waals surface area contributed by atoms with Gasteiger partial charge in [-0.05, 0) is 38.0 Å². The van der Waals surface area contributed by atoms with E-state index in [1.807, 2.05) is 32.0 Å². The van der Waals surface area contributed by atoms with E-state index in [4.69, 9.17) is 5.11 Å². The van der Waals surface area contributed by atoms with Crippen LogP contribution in [0.5, 0.6) is 0 Å². The van der Waals surface area contributed by atoms with Crippen molar-refractivity contribution in [3.8, 4) is 0 Å². The Balaban J connectivity index is 2.26. The number of benzene rings is 1. The fourth-order valence-electron chi connectivity index (χ4n) is 1.98. The molecule has 104 valence electrons. The predicted octanol–water partition coefficient (Wildman–Crippen LogP) is 3.62. The minimum atomic E-state index is -1.01. The molecule has 0 aliphatic rings. The number of rotatable bonds is 3. The second kappa shape index (κ2) is 5.46. The van der Waals surface area contributed by atoms with Crippen LogP contribution in [0.15, 0.2) is 23.6 Å². The molecule has 20 heavy (non-hydrogen) atoms. The molecular formula is C15H15NO3S. The second-order valence-electron chi connectivity index (χ2n) is 4.68. The summed E-state index contributed by atoms with van der Waals surface area (Å²) in [6.45, 7) is 5.56. The van der Waals surface area contributed by atoms with E-state index in [-0.39, 0.29) is 11.5 Å². The van der Waals surface area contributed by atoms with Crippen LogP contribution in [0.1, 0.15) is 36.7 Å². The summed E-state index contributed by atoms with van der Waals surface area (Å²) in [4.78, 5) is 23.6. The van der Waals surface area contributed by atoms with Gasteiger partial charge in [0, 0.05) is 11.1 Å². The fourth-order valence-corrected chi connectivity index (χ4v) is 2.94. The molecule has 2 rings (SSSR count). The van der Waals surface area contributed by atoms with Gasteiger partial charge in [0.05, 0.1) is 10.4 Å². The van der Waals surface area contributed by atoms with E-state index in [0.717, 1.165) is 28.2 Å². The van der Waals surface area contributed by atoms with Crippen LogP contribution in [0.25, 0.3) is 0 Å². The summed E-state index contributed by atoms with van der Waals surface area (Å²) < 4.78 is 0. The number of thiophene rings is 1. The summed E-state index contributed by atoms with van der Waals surface area (Å²) in [6, 6.07) is 5.76. The van der Waals surface area contributed by atoms with E-state index in [1.165, 1.54) is 5.38 Å². The van der Waals surface area contributed by atoms with E-state index in [9.17, 15) is 9.59 Å². The Hall–Kier alpha value is -2.14. The SMILES string of the molecule is Cc1ccc(NC(=O)c2scc(C(=O)O)c2C)c(C)c1. The third-order valence-corrected chi connectivity index (χ3v) is 4.19. The van der Waals surface area contributed by atoms with Crippen LogP contribution < -0.4 is 5.32 Å². The molecule has 2 N–H and O–H groups in total. The van der Waals surface area contributed by atoms with Crippen molar-refractivity contribution >= 4 is 28.9 Å². The van der Waals surface area contributed by atoms with Gasteiger partial charge >= 0.3 is 5.97 Å². The molecule has 1 aromatic heterocycles. The predicted molar refractivity (Wildman–Crippen MR) is 79.9 cm³/mol. The zero-order chi connectivity index (χ0) is 14.9. The molecule has 5 heteroatoms. The first-order valence-corrected chi connectivity index (χ1v) is 6.98. The molecule has 1 aromatic carbocycles. The Bertz CT molecular complexity index is 688. The van der Waals surface area contributed by atoms with Crippen LogP contribution in [0.3, 0.4) is 0 Å². The number of hydrogen-bond acceptors (Lipinski definition) is 3. The topological polar surface area (TPSA) is 66.4 Å². The van der Waals surface area contributed by atoms with Gasteiger partial charge in [-0.3, -0.25) is 4.79 Å². The zero-order valence-electron chi connectivity index (χ0n) is 11.5. The van der Waals surface area contributed by atoms with Gasteiger partial charge in [-0.2, -0.15) is 0 Å². The summed E-state index contributed by atoms with van der Waals surface area (Å²) in [5.41, 5.74) is 3.53. The molecule has 0 bridgehead atoms. The number of anilines is 1. The molecule has 0 fully saturated rings. The van der Waals surface area contributed by atoms with E-state index in [1.54, 1.807) is 6.92 Å². The van der Waals surface area contributed by atoms with Crippen molar-refractivity contribution in [3.05, 3.63) is 50.7 Å². The lowest BCUT2D eigenvalue weighted by Gasteiger charge is -2.08. The summed E-state index contributed by atoms with van der Waals surface area (Å²) in [5, 5.41) is 13.3. The summed E-state index contributed by atoms with van der Waals surface area (Å²) in [7, 11) is 0. The van der Waals surface area contributed by atoms with Crippen LogP contribution in [0.2, 0.25) is 0 Å². The Morgan fingerprint density at radius 3 is 2.45 bits per heavy atom. The Morgan fingerprint density at radius 2 is 1.90 bits per heavy atom. The number of aromatic carboxylic acids is 1. The van der Waals surface area contributed by atoms with Crippen molar-refractivity contribution in [2.75, 3.05) is 5.32 Å². The molecule has 0 spiro atoms. The molecule has 1 heterocycles. The van der Waals surface area contributed by atoms with Crippen molar-refractivity contribution in [2.45, 2.75) is 20.8 Å². The lowest BCUT2D eigenvalue weighted by Crippen LogP contribution is -2.13. The van der Waals surface area contributed by atoms with Crippen LogP contribution >= 0.6 is 11.3 Å². The number of carboxylic acid groups (broad SMARTS) is 1. The molecule has 4 nitrogen and oxygen atoms in total. The monoisotopic (exact) mass is 289 g/mol. The van der Waals surface area contributed by atoms with E-state index >= 15 is 0 Å². The van der Waals surface area contributed by atoms with Crippen molar-refractivity contribution in [3.63, 3.8) is 0 Å². The summed E-state index contributed by atoms with van der Waals surface area (Å²) in [6.07, 6.45) is 0. The molecule has 0 saturated heterocycles.